The number of rotatable bonds is 4. The van der Waals surface area contributed by atoms with Gasteiger partial charge in [-0.15, -0.1) is 12.4 Å². The van der Waals surface area contributed by atoms with Gasteiger partial charge in [0.05, 0.1) is 6.04 Å². The van der Waals surface area contributed by atoms with E-state index in [-0.39, 0.29) is 24.4 Å². The third kappa shape index (κ3) is 4.41. The van der Waals surface area contributed by atoms with Crippen molar-refractivity contribution in [2.24, 2.45) is 0 Å². The first-order valence-electron chi connectivity index (χ1n) is 7.73. The number of hydrogen-bond donors (Lipinski definition) is 1. The molecule has 1 aliphatic rings. The molecule has 2 atom stereocenters. The third-order valence-electron chi connectivity index (χ3n) is 4.23. The van der Waals surface area contributed by atoms with Crippen molar-refractivity contribution in [3.05, 3.63) is 45.5 Å². The predicted molar refractivity (Wildman–Crippen MR) is 98.4 cm³/mol. The highest BCUT2D eigenvalue weighted by molar-refractivity contribution is 6.35. The van der Waals surface area contributed by atoms with Crippen LogP contribution in [0.5, 0.6) is 0 Å². The summed E-state index contributed by atoms with van der Waals surface area (Å²) in [6, 6.07) is 5.70. The second kappa shape index (κ2) is 8.50. The fourth-order valence-electron chi connectivity index (χ4n) is 2.78. The fourth-order valence-corrected chi connectivity index (χ4v) is 3.27. The Balaban J connectivity index is 0.00000208. The van der Waals surface area contributed by atoms with Crippen LogP contribution in [0.3, 0.4) is 0 Å². The van der Waals surface area contributed by atoms with Crippen molar-refractivity contribution in [3.63, 3.8) is 0 Å². The maximum absolute atomic E-state index is 6.24. The Hall–Kier alpha value is -0.850. The normalized spacial score (nSPS) is 19.8. The van der Waals surface area contributed by atoms with E-state index in [1.807, 2.05) is 12.1 Å². The molecule has 5 nitrogen and oxygen atoms in total. The molecule has 1 fully saturated rings. The van der Waals surface area contributed by atoms with E-state index in [2.05, 4.69) is 34.3 Å². The lowest BCUT2D eigenvalue weighted by atomic mass is 10.0. The highest BCUT2D eigenvalue weighted by atomic mass is 35.5. The lowest BCUT2D eigenvalue weighted by Crippen LogP contribution is -2.44. The minimum atomic E-state index is 0. The van der Waals surface area contributed by atoms with E-state index in [9.17, 15) is 0 Å². The summed E-state index contributed by atoms with van der Waals surface area (Å²) in [6.07, 6.45) is 0.733. The molecule has 0 saturated carbocycles. The molecule has 3 rings (SSSR count). The topological polar surface area (TPSA) is 54.2 Å². The first kappa shape index (κ1) is 19.5. The van der Waals surface area contributed by atoms with E-state index in [0.717, 1.165) is 37.4 Å². The second-order valence-electron chi connectivity index (χ2n) is 6.03. The molecule has 2 aromatic rings. The zero-order valence-corrected chi connectivity index (χ0v) is 16.0. The third-order valence-corrected chi connectivity index (χ3v) is 4.82. The van der Waals surface area contributed by atoms with Gasteiger partial charge < -0.3 is 9.84 Å². The van der Waals surface area contributed by atoms with Crippen LogP contribution in [0, 0.1) is 0 Å². The van der Waals surface area contributed by atoms with Gasteiger partial charge in [-0.25, -0.2) is 0 Å². The zero-order valence-electron chi connectivity index (χ0n) is 13.6. The van der Waals surface area contributed by atoms with Crippen molar-refractivity contribution >= 4 is 35.6 Å². The molecule has 1 N–H and O–H groups in total. The summed E-state index contributed by atoms with van der Waals surface area (Å²) in [5.74, 6) is 1.48. The van der Waals surface area contributed by atoms with E-state index in [1.165, 1.54) is 0 Å². The summed E-state index contributed by atoms with van der Waals surface area (Å²) in [5.41, 5.74) is 1.03. The fraction of sp³-hybridized carbons (Fsp3) is 0.500. The standard InChI is InChI=1S/C16H20Cl2N4O.ClH/c1-10(7-11-3-4-12(17)8-13(11)18)16-20-15(21-23-16)14-9-19-5-6-22(14)2;/h3-4,8,10,14,19H,5-7,9H2,1-2H3;1H. The van der Waals surface area contributed by atoms with Crippen molar-refractivity contribution in [1.29, 1.82) is 0 Å². The van der Waals surface area contributed by atoms with Crippen molar-refractivity contribution in [2.45, 2.75) is 25.3 Å². The molecule has 1 saturated heterocycles. The van der Waals surface area contributed by atoms with Gasteiger partial charge in [0.1, 0.15) is 0 Å². The Labute approximate surface area is 158 Å². The molecule has 8 heteroatoms. The molecule has 0 amide bonds. The maximum atomic E-state index is 6.24. The van der Waals surface area contributed by atoms with Gasteiger partial charge in [0, 0.05) is 35.6 Å². The molecular weight excluding hydrogens is 371 g/mol. The highest BCUT2D eigenvalue weighted by Crippen LogP contribution is 2.27. The van der Waals surface area contributed by atoms with E-state index in [4.69, 9.17) is 27.7 Å². The van der Waals surface area contributed by atoms with Crippen molar-refractivity contribution in [2.75, 3.05) is 26.7 Å². The van der Waals surface area contributed by atoms with Crippen LogP contribution in [-0.2, 0) is 6.42 Å². The first-order chi connectivity index (χ1) is 11.0. The molecule has 1 aromatic carbocycles. The quantitative estimate of drug-likeness (QED) is 0.861. The Kier molecular flexibility index (Phi) is 6.89. The highest BCUT2D eigenvalue weighted by Gasteiger charge is 2.26. The molecule has 0 bridgehead atoms. The number of aromatic nitrogens is 2. The molecule has 2 unspecified atom stereocenters. The van der Waals surface area contributed by atoms with Gasteiger partial charge in [-0.3, -0.25) is 4.90 Å². The van der Waals surface area contributed by atoms with E-state index >= 15 is 0 Å². The number of nitrogens with zero attached hydrogens (tertiary/aromatic N) is 3. The average Bonchev–Trinajstić information content (AvgIpc) is 3.00. The summed E-state index contributed by atoms with van der Waals surface area (Å²) in [7, 11) is 2.08. The van der Waals surface area contributed by atoms with Crippen LogP contribution in [0.15, 0.2) is 22.7 Å². The van der Waals surface area contributed by atoms with Gasteiger partial charge >= 0.3 is 0 Å². The molecule has 1 aromatic heterocycles. The molecule has 2 heterocycles. The molecular formula is C16H21Cl3N4O. The Bertz CT molecular complexity index is 679. The van der Waals surface area contributed by atoms with Crippen molar-refractivity contribution in [3.8, 4) is 0 Å². The van der Waals surface area contributed by atoms with Crippen LogP contribution >= 0.6 is 35.6 Å². The van der Waals surface area contributed by atoms with Crippen molar-refractivity contribution < 1.29 is 4.52 Å². The van der Waals surface area contributed by atoms with Gasteiger partial charge in [-0.2, -0.15) is 4.98 Å². The molecule has 24 heavy (non-hydrogen) atoms. The molecule has 132 valence electrons. The Morgan fingerprint density at radius 3 is 2.92 bits per heavy atom. The number of likely N-dealkylation sites (N-methyl/N-ethyl adjacent to an activating group) is 1. The minimum absolute atomic E-state index is 0. The minimum Gasteiger partial charge on any atom is -0.339 e. The summed E-state index contributed by atoms with van der Waals surface area (Å²) in [4.78, 5) is 6.84. The van der Waals surface area contributed by atoms with Crippen LogP contribution in [0.1, 0.15) is 36.2 Å². The molecule has 1 aliphatic heterocycles. The van der Waals surface area contributed by atoms with Gasteiger partial charge in [0.15, 0.2) is 5.82 Å². The van der Waals surface area contributed by atoms with Gasteiger partial charge in [-0.05, 0) is 31.2 Å². The Morgan fingerprint density at radius 2 is 2.21 bits per heavy atom. The first-order valence-corrected chi connectivity index (χ1v) is 8.48. The van der Waals surface area contributed by atoms with Crippen LogP contribution in [0.4, 0.5) is 0 Å². The molecule has 0 radical (unpaired) electrons. The average molecular weight is 392 g/mol. The van der Waals surface area contributed by atoms with Gasteiger partial charge in [0.25, 0.3) is 0 Å². The molecule has 0 aliphatic carbocycles. The number of hydrogen-bond acceptors (Lipinski definition) is 5. The van der Waals surface area contributed by atoms with E-state index < -0.39 is 0 Å². The second-order valence-corrected chi connectivity index (χ2v) is 6.88. The monoisotopic (exact) mass is 390 g/mol. The Morgan fingerprint density at radius 1 is 1.42 bits per heavy atom. The SMILES string of the molecule is CC(Cc1ccc(Cl)cc1Cl)c1nc(C2CNCCN2C)no1.Cl. The number of benzene rings is 1. The van der Waals surface area contributed by atoms with Crippen LogP contribution < -0.4 is 5.32 Å². The van der Waals surface area contributed by atoms with Crippen LogP contribution in [0.2, 0.25) is 10.0 Å². The maximum Gasteiger partial charge on any atom is 0.229 e. The van der Waals surface area contributed by atoms with Crippen LogP contribution in [-0.4, -0.2) is 41.7 Å². The lowest BCUT2D eigenvalue weighted by molar-refractivity contribution is 0.190. The van der Waals surface area contributed by atoms with Gasteiger partial charge in [-0.1, -0.05) is 41.3 Å². The number of nitrogens with one attached hydrogen (secondary N) is 1. The summed E-state index contributed by atoms with van der Waals surface area (Å²) >= 11 is 12.2. The number of piperazine rings is 1. The van der Waals surface area contributed by atoms with Crippen molar-refractivity contribution in [1.82, 2.24) is 20.4 Å². The predicted octanol–water partition coefficient (Wildman–Crippen LogP) is 3.72. The van der Waals surface area contributed by atoms with Crippen LogP contribution in [0.25, 0.3) is 0 Å². The largest absolute Gasteiger partial charge is 0.339 e. The van der Waals surface area contributed by atoms with E-state index in [0.29, 0.717) is 15.9 Å². The smallest absolute Gasteiger partial charge is 0.229 e. The summed E-state index contributed by atoms with van der Waals surface area (Å²) in [6.45, 7) is 4.87. The lowest BCUT2D eigenvalue weighted by Gasteiger charge is -2.30. The van der Waals surface area contributed by atoms with E-state index in [1.54, 1.807) is 6.07 Å². The summed E-state index contributed by atoms with van der Waals surface area (Å²) < 4.78 is 5.48. The zero-order chi connectivity index (χ0) is 16.4. The molecule has 0 spiro atoms. The number of halogens is 3. The van der Waals surface area contributed by atoms with Gasteiger partial charge in [0.2, 0.25) is 5.89 Å². The summed E-state index contributed by atoms with van der Waals surface area (Å²) in [5, 5.41) is 8.83.